The Balaban J connectivity index is 1.59. The Kier molecular flexibility index (Phi) is 3.96. The molecule has 0 atom stereocenters. The molecule has 0 aliphatic carbocycles. The molecule has 0 saturated carbocycles. The Labute approximate surface area is 149 Å². The molecule has 2 heterocycles. The van der Waals surface area contributed by atoms with Gasteiger partial charge in [0.2, 0.25) is 11.6 Å². The highest BCUT2D eigenvalue weighted by Gasteiger charge is 2.14. The van der Waals surface area contributed by atoms with E-state index in [0.29, 0.717) is 5.89 Å². The Morgan fingerprint density at radius 2 is 2.04 bits per heavy atom. The van der Waals surface area contributed by atoms with Crippen molar-refractivity contribution in [3.63, 3.8) is 0 Å². The van der Waals surface area contributed by atoms with Crippen LogP contribution in [0.5, 0.6) is 0 Å². The molecule has 0 fully saturated rings. The molecule has 4 rings (SSSR count). The smallest absolute Gasteiger partial charge is 0.252 e. The number of benzene rings is 2. The summed E-state index contributed by atoms with van der Waals surface area (Å²) in [6.45, 7) is 2.01. The van der Waals surface area contributed by atoms with Crippen molar-refractivity contribution in [2.45, 2.75) is 6.92 Å². The summed E-state index contributed by atoms with van der Waals surface area (Å²) < 4.78 is 5.68. The maximum atomic E-state index is 9.28. The first-order valence-corrected chi connectivity index (χ1v) is 8.08. The predicted molar refractivity (Wildman–Crippen MR) is 101 cm³/mol. The van der Waals surface area contributed by atoms with E-state index in [0.717, 1.165) is 27.6 Å². The first-order valence-electron chi connectivity index (χ1n) is 8.08. The van der Waals surface area contributed by atoms with Gasteiger partial charge in [-0.15, -0.1) is 0 Å². The molecule has 6 nitrogen and oxygen atoms in total. The van der Waals surface area contributed by atoms with E-state index in [1.54, 1.807) is 6.21 Å². The van der Waals surface area contributed by atoms with Crippen LogP contribution in [0.15, 0.2) is 64.2 Å². The topological polar surface area (TPSA) is 90.0 Å². The van der Waals surface area contributed by atoms with Crippen molar-refractivity contribution in [1.29, 1.82) is 5.26 Å². The Hall–Kier alpha value is -3.85. The highest BCUT2D eigenvalue weighted by molar-refractivity contribution is 5.98. The van der Waals surface area contributed by atoms with Crippen LogP contribution in [-0.4, -0.2) is 16.2 Å². The maximum absolute atomic E-state index is 9.28. The van der Waals surface area contributed by atoms with E-state index in [-0.39, 0.29) is 11.6 Å². The summed E-state index contributed by atoms with van der Waals surface area (Å²) in [6, 6.07) is 17.7. The molecule has 0 unspecified atom stereocenters. The number of nitrogens with one attached hydrogen (secondary N) is 2. The van der Waals surface area contributed by atoms with E-state index in [4.69, 9.17) is 4.42 Å². The lowest BCUT2D eigenvalue weighted by Gasteiger charge is -1.98. The Morgan fingerprint density at radius 3 is 2.85 bits per heavy atom. The minimum absolute atomic E-state index is 0.164. The van der Waals surface area contributed by atoms with Gasteiger partial charge in [-0.3, -0.25) is 0 Å². The molecule has 0 aliphatic heterocycles. The van der Waals surface area contributed by atoms with Gasteiger partial charge in [0.05, 0.1) is 6.21 Å². The van der Waals surface area contributed by atoms with E-state index < -0.39 is 0 Å². The molecule has 126 valence electrons. The number of hydrogen-bond acceptors (Lipinski definition) is 5. The van der Waals surface area contributed by atoms with Crippen molar-refractivity contribution < 1.29 is 4.42 Å². The second kappa shape index (κ2) is 6.57. The maximum Gasteiger partial charge on any atom is 0.252 e. The van der Waals surface area contributed by atoms with Crippen LogP contribution >= 0.6 is 0 Å². The van der Waals surface area contributed by atoms with Crippen molar-refractivity contribution in [1.82, 2.24) is 9.97 Å². The number of hydrogen-bond donors (Lipinski definition) is 2. The molecule has 0 aliphatic rings. The number of nitriles is 1. The zero-order valence-corrected chi connectivity index (χ0v) is 14.0. The number of rotatable bonds is 4. The highest BCUT2D eigenvalue weighted by Crippen LogP contribution is 2.25. The lowest BCUT2D eigenvalue weighted by Crippen LogP contribution is -1.91. The van der Waals surface area contributed by atoms with Crippen molar-refractivity contribution in [3.8, 4) is 17.5 Å². The van der Waals surface area contributed by atoms with Crippen LogP contribution in [0, 0.1) is 18.3 Å². The van der Waals surface area contributed by atoms with Gasteiger partial charge in [-0.05, 0) is 31.2 Å². The lowest BCUT2D eigenvalue weighted by atomic mass is 10.1. The normalized spacial score (nSPS) is 11.1. The summed E-state index contributed by atoms with van der Waals surface area (Å²) in [4.78, 5) is 7.38. The number of anilines is 1. The number of aryl methyl sites for hydroxylation is 1. The number of fused-ring (bicyclic) bond motifs is 1. The molecule has 2 N–H and O–H groups in total. The van der Waals surface area contributed by atoms with Crippen LogP contribution in [0.25, 0.3) is 22.4 Å². The molecule has 0 amide bonds. The second-order valence-corrected chi connectivity index (χ2v) is 5.83. The summed E-state index contributed by atoms with van der Waals surface area (Å²) >= 11 is 0. The van der Waals surface area contributed by atoms with Crippen LogP contribution in [0.4, 0.5) is 5.88 Å². The van der Waals surface area contributed by atoms with Gasteiger partial charge in [0.1, 0.15) is 6.07 Å². The number of aromatic nitrogens is 2. The number of aromatic amines is 1. The summed E-state index contributed by atoms with van der Waals surface area (Å²) in [7, 11) is 0. The van der Waals surface area contributed by atoms with Crippen molar-refractivity contribution in [2.75, 3.05) is 5.43 Å². The number of nitrogens with zero attached hydrogens (tertiary/aromatic N) is 3. The average Bonchev–Trinajstić information content (AvgIpc) is 3.29. The summed E-state index contributed by atoms with van der Waals surface area (Å²) in [5.74, 6) is 0.604. The fourth-order valence-electron chi connectivity index (χ4n) is 2.67. The zero-order valence-electron chi connectivity index (χ0n) is 14.0. The first kappa shape index (κ1) is 15.7. The van der Waals surface area contributed by atoms with E-state index in [2.05, 4.69) is 20.5 Å². The zero-order chi connectivity index (χ0) is 17.9. The molecule has 2 aromatic heterocycles. The minimum Gasteiger partial charge on any atom is -0.417 e. The monoisotopic (exact) mass is 341 g/mol. The van der Waals surface area contributed by atoms with E-state index in [1.807, 2.05) is 67.7 Å². The van der Waals surface area contributed by atoms with E-state index in [1.165, 1.54) is 0 Å². The van der Waals surface area contributed by atoms with E-state index >= 15 is 0 Å². The second-order valence-electron chi connectivity index (χ2n) is 5.83. The molecular formula is C20H15N5O. The van der Waals surface area contributed by atoms with Gasteiger partial charge < -0.3 is 9.40 Å². The predicted octanol–water partition coefficient (Wildman–Crippen LogP) is 4.45. The van der Waals surface area contributed by atoms with E-state index in [9.17, 15) is 5.26 Å². The third-order valence-electron chi connectivity index (χ3n) is 4.03. The van der Waals surface area contributed by atoms with Gasteiger partial charge in [0, 0.05) is 28.2 Å². The summed E-state index contributed by atoms with van der Waals surface area (Å²) in [5, 5.41) is 14.5. The minimum atomic E-state index is 0.164. The standard InChI is InChI=1S/C20H15N5O/c1-13-5-7-14(8-6-13)19-24-18(11-21)20(26-19)25-23-12-15-3-2-4-17-16(15)9-10-22-17/h2-10,12,22,25H,1H3/b23-12+. The molecule has 2 aromatic carbocycles. The molecular weight excluding hydrogens is 326 g/mol. The summed E-state index contributed by atoms with van der Waals surface area (Å²) in [6.07, 6.45) is 3.57. The van der Waals surface area contributed by atoms with Gasteiger partial charge in [0.25, 0.3) is 5.88 Å². The average molecular weight is 341 g/mol. The van der Waals surface area contributed by atoms with Crippen LogP contribution < -0.4 is 5.43 Å². The van der Waals surface area contributed by atoms with Crippen LogP contribution in [0.3, 0.4) is 0 Å². The van der Waals surface area contributed by atoms with Gasteiger partial charge in [-0.25, -0.2) is 5.43 Å². The first-order chi connectivity index (χ1) is 12.7. The summed E-state index contributed by atoms with van der Waals surface area (Å²) in [5.41, 5.74) is 6.88. The van der Waals surface area contributed by atoms with Crippen LogP contribution in [-0.2, 0) is 0 Å². The largest absolute Gasteiger partial charge is 0.417 e. The van der Waals surface area contributed by atoms with Crippen molar-refractivity contribution >= 4 is 23.0 Å². The Bertz CT molecular complexity index is 1130. The molecule has 0 bridgehead atoms. The lowest BCUT2D eigenvalue weighted by molar-refractivity contribution is 0.587. The van der Waals surface area contributed by atoms with Crippen LogP contribution in [0.2, 0.25) is 0 Å². The van der Waals surface area contributed by atoms with Crippen molar-refractivity contribution in [3.05, 3.63) is 71.5 Å². The fourth-order valence-corrected chi connectivity index (χ4v) is 2.67. The van der Waals surface area contributed by atoms with Gasteiger partial charge in [-0.1, -0.05) is 29.8 Å². The van der Waals surface area contributed by atoms with Crippen LogP contribution in [0.1, 0.15) is 16.8 Å². The molecule has 4 aromatic rings. The van der Waals surface area contributed by atoms with Crippen molar-refractivity contribution in [2.24, 2.45) is 5.10 Å². The molecule has 26 heavy (non-hydrogen) atoms. The molecule has 0 saturated heterocycles. The highest BCUT2D eigenvalue weighted by atomic mass is 16.4. The number of hydrazone groups is 1. The number of oxazole rings is 1. The molecule has 6 heteroatoms. The SMILES string of the molecule is Cc1ccc(-c2nc(C#N)c(N/N=C/c3cccc4[nH]ccc34)o2)cc1. The third-order valence-corrected chi connectivity index (χ3v) is 4.03. The van der Waals surface area contributed by atoms with Gasteiger partial charge in [0.15, 0.2) is 0 Å². The third kappa shape index (κ3) is 2.94. The fraction of sp³-hybridized carbons (Fsp3) is 0.0500. The van der Waals surface area contributed by atoms with Gasteiger partial charge >= 0.3 is 0 Å². The molecule has 0 spiro atoms. The quantitative estimate of drug-likeness (QED) is 0.424. The Morgan fingerprint density at radius 1 is 1.19 bits per heavy atom. The molecule has 0 radical (unpaired) electrons. The number of H-pyrrole nitrogens is 1. The van der Waals surface area contributed by atoms with Gasteiger partial charge in [-0.2, -0.15) is 15.3 Å².